The van der Waals surface area contributed by atoms with Crippen molar-refractivity contribution in [2.45, 2.75) is 39.2 Å². The molecule has 0 saturated carbocycles. The molecule has 1 atom stereocenters. The molecule has 1 unspecified atom stereocenters. The number of nitrogens with two attached hydrogens (primary N) is 2. The molecule has 1 amide bonds. The molecule has 20 heavy (non-hydrogen) atoms. The van der Waals surface area contributed by atoms with Crippen molar-refractivity contribution in [3.63, 3.8) is 0 Å². The van der Waals surface area contributed by atoms with E-state index in [1.165, 1.54) is 0 Å². The lowest BCUT2D eigenvalue weighted by Crippen LogP contribution is -2.27. The van der Waals surface area contributed by atoms with Gasteiger partial charge in [-0.15, -0.1) is 0 Å². The summed E-state index contributed by atoms with van der Waals surface area (Å²) in [5.41, 5.74) is 13.4. The van der Waals surface area contributed by atoms with Gasteiger partial charge in [0.15, 0.2) is 0 Å². The molecule has 1 heterocycles. The summed E-state index contributed by atoms with van der Waals surface area (Å²) in [5.74, 6) is 0.548. The lowest BCUT2D eigenvalue weighted by Gasteiger charge is -2.27. The Hall–Kier alpha value is -1.26. The van der Waals surface area contributed by atoms with Crippen LogP contribution in [0.1, 0.15) is 43.9 Å². The highest BCUT2D eigenvalue weighted by Gasteiger charge is 2.28. The smallest absolute Gasteiger partial charge is 0.217 e. The molecule has 0 aromatic heterocycles. The topological polar surface area (TPSA) is 78.3 Å². The fourth-order valence-electron chi connectivity index (χ4n) is 2.82. The van der Waals surface area contributed by atoms with Gasteiger partial charge < -0.3 is 16.2 Å². The predicted octanol–water partition coefficient (Wildman–Crippen LogP) is 2.57. The van der Waals surface area contributed by atoms with Crippen LogP contribution < -0.4 is 16.2 Å². The largest absolute Gasteiger partial charge is 0.493 e. The van der Waals surface area contributed by atoms with Crippen LogP contribution in [0, 0.1) is 5.41 Å². The summed E-state index contributed by atoms with van der Waals surface area (Å²) in [6.45, 7) is 4.65. The normalized spacial score (nSPS) is 15.6. The van der Waals surface area contributed by atoms with Crippen molar-refractivity contribution in [3.8, 4) is 5.75 Å². The van der Waals surface area contributed by atoms with Crippen molar-refractivity contribution in [3.05, 3.63) is 28.3 Å². The summed E-state index contributed by atoms with van der Waals surface area (Å²) >= 11 is 6.14. The zero-order valence-electron chi connectivity index (χ0n) is 11.9. The van der Waals surface area contributed by atoms with Crippen molar-refractivity contribution in [2.75, 3.05) is 6.61 Å². The zero-order valence-corrected chi connectivity index (χ0v) is 12.7. The van der Waals surface area contributed by atoms with Crippen molar-refractivity contribution in [1.29, 1.82) is 0 Å². The molecule has 1 aromatic rings. The number of hydrogen-bond acceptors (Lipinski definition) is 3. The Morgan fingerprint density at radius 2 is 2.20 bits per heavy atom. The highest BCUT2D eigenvalue weighted by molar-refractivity contribution is 6.30. The SMILES string of the molecule is CC(C)(CC(N)=O)CC(N)c1cc(Cl)cc2c1OCC2. The Labute approximate surface area is 124 Å². The molecule has 1 aliphatic rings. The molecule has 0 fully saturated rings. The first-order valence-electron chi connectivity index (χ1n) is 6.77. The van der Waals surface area contributed by atoms with Crippen molar-refractivity contribution in [2.24, 2.45) is 16.9 Å². The monoisotopic (exact) mass is 296 g/mol. The highest BCUT2D eigenvalue weighted by Crippen LogP contribution is 2.40. The van der Waals surface area contributed by atoms with Gasteiger partial charge >= 0.3 is 0 Å². The third-order valence-electron chi connectivity index (χ3n) is 3.60. The molecule has 110 valence electrons. The lowest BCUT2D eigenvalue weighted by atomic mass is 9.80. The minimum Gasteiger partial charge on any atom is -0.493 e. The molecule has 0 spiro atoms. The van der Waals surface area contributed by atoms with Crippen LogP contribution in [0.15, 0.2) is 12.1 Å². The Morgan fingerprint density at radius 1 is 1.50 bits per heavy atom. The molecule has 2 rings (SSSR count). The number of fused-ring (bicyclic) bond motifs is 1. The van der Waals surface area contributed by atoms with Crippen LogP contribution in [-0.2, 0) is 11.2 Å². The van der Waals surface area contributed by atoms with Crippen LogP contribution in [0.2, 0.25) is 5.02 Å². The molecule has 5 heteroatoms. The molecule has 1 aromatic carbocycles. The van der Waals surface area contributed by atoms with E-state index in [0.717, 1.165) is 23.3 Å². The predicted molar refractivity (Wildman–Crippen MR) is 79.8 cm³/mol. The molecule has 4 nitrogen and oxygen atoms in total. The summed E-state index contributed by atoms with van der Waals surface area (Å²) in [7, 11) is 0. The van der Waals surface area contributed by atoms with E-state index in [1.54, 1.807) is 0 Å². The number of amides is 1. The lowest BCUT2D eigenvalue weighted by molar-refractivity contribution is -0.120. The van der Waals surface area contributed by atoms with Gasteiger partial charge in [0.25, 0.3) is 0 Å². The molecule has 4 N–H and O–H groups in total. The summed E-state index contributed by atoms with van der Waals surface area (Å²) < 4.78 is 5.67. The maximum atomic E-state index is 11.1. The van der Waals surface area contributed by atoms with E-state index in [0.29, 0.717) is 24.5 Å². The van der Waals surface area contributed by atoms with Gasteiger partial charge in [0.2, 0.25) is 5.91 Å². The number of carbonyl (C=O) groups is 1. The summed E-state index contributed by atoms with van der Waals surface area (Å²) in [6.07, 6.45) is 1.82. The number of hydrogen-bond donors (Lipinski definition) is 2. The van der Waals surface area contributed by atoms with E-state index in [1.807, 2.05) is 26.0 Å². The Morgan fingerprint density at radius 3 is 2.85 bits per heavy atom. The first-order valence-corrected chi connectivity index (χ1v) is 7.15. The standard InChI is InChI=1S/C15H21ClN2O2/c1-15(2,8-13(18)19)7-12(17)11-6-10(16)5-9-3-4-20-14(9)11/h5-6,12H,3-4,7-8,17H2,1-2H3,(H2,18,19). The van der Waals surface area contributed by atoms with Crippen LogP contribution >= 0.6 is 11.6 Å². The first-order chi connectivity index (χ1) is 9.28. The van der Waals surface area contributed by atoms with Gasteiger partial charge in [-0.25, -0.2) is 0 Å². The second kappa shape index (κ2) is 5.62. The minimum absolute atomic E-state index is 0.227. The van der Waals surface area contributed by atoms with E-state index in [2.05, 4.69) is 0 Å². The Balaban J connectivity index is 2.22. The zero-order chi connectivity index (χ0) is 14.9. The maximum Gasteiger partial charge on any atom is 0.217 e. The van der Waals surface area contributed by atoms with Gasteiger partial charge in [-0.2, -0.15) is 0 Å². The highest BCUT2D eigenvalue weighted by atomic mass is 35.5. The van der Waals surface area contributed by atoms with Gasteiger partial charge in [-0.05, 0) is 29.5 Å². The summed E-state index contributed by atoms with van der Waals surface area (Å²) in [6, 6.07) is 3.56. The van der Waals surface area contributed by atoms with E-state index in [4.69, 9.17) is 27.8 Å². The van der Waals surface area contributed by atoms with Crippen molar-refractivity contribution in [1.82, 2.24) is 0 Å². The average Bonchev–Trinajstić information content (AvgIpc) is 2.72. The van der Waals surface area contributed by atoms with E-state index in [-0.39, 0.29) is 17.4 Å². The third-order valence-corrected chi connectivity index (χ3v) is 3.82. The Kier molecular flexibility index (Phi) is 4.25. The minimum atomic E-state index is -0.310. The van der Waals surface area contributed by atoms with Crippen molar-refractivity contribution >= 4 is 17.5 Å². The summed E-state index contributed by atoms with van der Waals surface area (Å²) in [4.78, 5) is 11.1. The van der Waals surface area contributed by atoms with Gasteiger partial charge in [-0.3, -0.25) is 4.79 Å². The van der Waals surface area contributed by atoms with E-state index >= 15 is 0 Å². The number of benzene rings is 1. The van der Waals surface area contributed by atoms with Crippen LogP contribution in [0.5, 0.6) is 5.75 Å². The van der Waals surface area contributed by atoms with Gasteiger partial charge in [0.05, 0.1) is 6.61 Å². The third kappa shape index (κ3) is 3.44. The first kappa shape index (κ1) is 15.1. The van der Waals surface area contributed by atoms with E-state index < -0.39 is 0 Å². The van der Waals surface area contributed by atoms with Gasteiger partial charge in [-0.1, -0.05) is 25.4 Å². The Bertz CT molecular complexity index is 529. The molecule has 0 aliphatic carbocycles. The van der Waals surface area contributed by atoms with Gasteiger partial charge in [0.1, 0.15) is 5.75 Å². The molecule has 0 radical (unpaired) electrons. The van der Waals surface area contributed by atoms with Crippen LogP contribution in [0.3, 0.4) is 0 Å². The number of halogens is 1. The number of rotatable bonds is 5. The second-order valence-electron chi connectivity index (χ2n) is 6.20. The maximum absolute atomic E-state index is 11.1. The van der Waals surface area contributed by atoms with Crippen LogP contribution in [0.25, 0.3) is 0 Å². The summed E-state index contributed by atoms with van der Waals surface area (Å²) in [5, 5.41) is 0.674. The van der Waals surface area contributed by atoms with Crippen LogP contribution in [-0.4, -0.2) is 12.5 Å². The van der Waals surface area contributed by atoms with Crippen molar-refractivity contribution < 1.29 is 9.53 Å². The molecular formula is C15H21ClN2O2. The van der Waals surface area contributed by atoms with Crippen LogP contribution in [0.4, 0.5) is 0 Å². The average molecular weight is 297 g/mol. The number of carbonyl (C=O) groups excluding carboxylic acids is 1. The molecular weight excluding hydrogens is 276 g/mol. The second-order valence-corrected chi connectivity index (χ2v) is 6.64. The quantitative estimate of drug-likeness (QED) is 0.876. The van der Waals surface area contributed by atoms with E-state index in [9.17, 15) is 4.79 Å². The fourth-order valence-corrected chi connectivity index (χ4v) is 3.07. The van der Waals surface area contributed by atoms with Gasteiger partial charge in [0, 0.05) is 29.5 Å². The molecule has 0 bridgehead atoms. The molecule has 0 saturated heterocycles. The fraction of sp³-hybridized carbons (Fsp3) is 0.533. The molecule has 1 aliphatic heterocycles. The number of ether oxygens (including phenoxy) is 1. The number of primary amides is 1.